The molecule has 1 fully saturated rings. The molecule has 0 radical (unpaired) electrons. The van der Waals surface area contributed by atoms with E-state index in [1.54, 1.807) is 17.8 Å². The average molecular weight is 279 g/mol. The number of likely N-dealkylation sites (tertiary alicyclic amines) is 1. The van der Waals surface area contributed by atoms with Crippen molar-refractivity contribution in [2.45, 2.75) is 24.6 Å². The Bertz CT molecular complexity index is 489. The molecule has 1 aliphatic heterocycles. The third-order valence-corrected chi connectivity index (χ3v) is 3.91. The predicted molar refractivity (Wildman–Crippen MR) is 75.4 cm³/mol. The summed E-state index contributed by atoms with van der Waals surface area (Å²) in [7, 11) is 0. The Hall–Kier alpha value is -1.49. The standard InChI is InChI=1S/C14H17NO3S/c1-19-9-10-4-2-5-11(8-10)13(16)15-7-3-6-12(15)14(17)18/h2,4-5,8,12H,3,6-7,9H2,1H3,(H,17,18). The highest BCUT2D eigenvalue weighted by molar-refractivity contribution is 7.97. The highest BCUT2D eigenvalue weighted by Crippen LogP contribution is 2.21. The van der Waals surface area contributed by atoms with Crippen LogP contribution in [0.4, 0.5) is 0 Å². The van der Waals surface area contributed by atoms with Crippen LogP contribution in [0.25, 0.3) is 0 Å². The lowest BCUT2D eigenvalue weighted by Gasteiger charge is -2.21. The first-order valence-corrected chi connectivity index (χ1v) is 7.64. The fraction of sp³-hybridized carbons (Fsp3) is 0.429. The lowest BCUT2D eigenvalue weighted by atomic mass is 10.1. The third kappa shape index (κ3) is 3.10. The summed E-state index contributed by atoms with van der Waals surface area (Å²) in [5.74, 6) is -0.234. The van der Waals surface area contributed by atoms with Crippen molar-refractivity contribution in [2.75, 3.05) is 12.8 Å². The molecule has 102 valence electrons. The Kier molecular flexibility index (Phi) is 4.47. The second kappa shape index (κ2) is 6.10. The largest absolute Gasteiger partial charge is 0.480 e. The summed E-state index contributed by atoms with van der Waals surface area (Å²) in [5, 5.41) is 9.12. The number of hydrogen-bond acceptors (Lipinski definition) is 3. The van der Waals surface area contributed by atoms with Gasteiger partial charge in [0.05, 0.1) is 0 Å². The van der Waals surface area contributed by atoms with Gasteiger partial charge in [-0.05, 0) is 36.8 Å². The van der Waals surface area contributed by atoms with Gasteiger partial charge in [0.15, 0.2) is 0 Å². The summed E-state index contributed by atoms with van der Waals surface area (Å²) in [6.07, 6.45) is 3.31. The first-order valence-electron chi connectivity index (χ1n) is 6.25. The molecular weight excluding hydrogens is 262 g/mol. The quantitative estimate of drug-likeness (QED) is 0.918. The molecule has 0 spiro atoms. The van der Waals surface area contributed by atoms with E-state index in [1.165, 1.54) is 4.90 Å². The minimum Gasteiger partial charge on any atom is -0.480 e. The van der Waals surface area contributed by atoms with E-state index in [2.05, 4.69) is 0 Å². The minimum absolute atomic E-state index is 0.173. The van der Waals surface area contributed by atoms with E-state index < -0.39 is 12.0 Å². The molecule has 1 aromatic carbocycles. The van der Waals surface area contributed by atoms with E-state index in [0.717, 1.165) is 17.7 Å². The van der Waals surface area contributed by atoms with Gasteiger partial charge in [-0.25, -0.2) is 4.79 Å². The zero-order chi connectivity index (χ0) is 13.8. The van der Waals surface area contributed by atoms with Gasteiger partial charge in [-0.1, -0.05) is 12.1 Å². The SMILES string of the molecule is CSCc1cccc(C(=O)N2CCCC2C(=O)O)c1. The molecule has 1 aromatic rings. The van der Waals surface area contributed by atoms with Crippen LogP contribution in [0, 0.1) is 0 Å². The van der Waals surface area contributed by atoms with Crippen molar-refractivity contribution in [1.29, 1.82) is 0 Å². The first kappa shape index (κ1) is 13.9. The number of carboxylic acids is 1. The highest BCUT2D eigenvalue weighted by Gasteiger charge is 2.34. The number of hydrogen-bond donors (Lipinski definition) is 1. The van der Waals surface area contributed by atoms with Crippen molar-refractivity contribution < 1.29 is 14.7 Å². The van der Waals surface area contributed by atoms with Gasteiger partial charge in [0.25, 0.3) is 5.91 Å². The van der Waals surface area contributed by atoms with Crippen molar-refractivity contribution >= 4 is 23.6 Å². The van der Waals surface area contributed by atoms with Crippen LogP contribution in [0.15, 0.2) is 24.3 Å². The van der Waals surface area contributed by atoms with Crippen molar-refractivity contribution in [3.8, 4) is 0 Å². The third-order valence-electron chi connectivity index (χ3n) is 3.28. The Labute approximate surface area is 116 Å². The second-order valence-corrected chi connectivity index (χ2v) is 5.49. The van der Waals surface area contributed by atoms with Crippen molar-refractivity contribution in [3.05, 3.63) is 35.4 Å². The summed E-state index contributed by atoms with van der Waals surface area (Å²) in [4.78, 5) is 25.0. The van der Waals surface area contributed by atoms with Gasteiger partial charge in [0.2, 0.25) is 0 Å². The molecule has 2 rings (SSSR count). The molecule has 1 unspecified atom stereocenters. The van der Waals surface area contributed by atoms with Crippen molar-refractivity contribution in [2.24, 2.45) is 0 Å². The fourth-order valence-electron chi connectivity index (χ4n) is 2.39. The fourth-order valence-corrected chi connectivity index (χ4v) is 2.91. The molecule has 1 saturated heterocycles. The number of nitrogens with zero attached hydrogens (tertiary/aromatic N) is 1. The Morgan fingerprint density at radius 1 is 1.47 bits per heavy atom. The van der Waals surface area contributed by atoms with Crippen LogP contribution in [-0.4, -0.2) is 40.7 Å². The van der Waals surface area contributed by atoms with Gasteiger partial charge in [0, 0.05) is 17.9 Å². The maximum Gasteiger partial charge on any atom is 0.326 e. The van der Waals surface area contributed by atoms with Crippen molar-refractivity contribution in [3.63, 3.8) is 0 Å². The van der Waals surface area contributed by atoms with Crippen LogP contribution in [-0.2, 0) is 10.5 Å². The van der Waals surface area contributed by atoms with E-state index >= 15 is 0 Å². The Morgan fingerprint density at radius 2 is 2.26 bits per heavy atom. The van der Waals surface area contributed by atoms with Gasteiger partial charge in [0.1, 0.15) is 6.04 Å². The molecular formula is C14H17NO3S. The van der Waals surface area contributed by atoms with Crippen LogP contribution >= 0.6 is 11.8 Å². The average Bonchev–Trinajstić information content (AvgIpc) is 2.88. The maximum absolute atomic E-state index is 12.4. The molecule has 1 amide bonds. The van der Waals surface area contributed by atoms with Crippen LogP contribution in [0.3, 0.4) is 0 Å². The van der Waals surface area contributed by atoms with Crippen LogP contribution < -0.4 is 0 Å². The summed E-state index contributed by atoms with van der Waals surface area (Å²) < 4.78 is 0. The monoisotopic (exact) mass is 279 g/mol. The molecule has 1 atom stereocenters. The van der Waals surface area contributed by atoms with Gasteiger partial charge in [-0.2, -0.15) is 11.8 Å². The molecule has 4 nitrogen and oxygen atoms in total. The van der Waals surface area contributed by atoms with Gasteiger partial charge < -0.3 is 10.0 Å². The van der Waals surface area contributed by atoms with E-state index in [9.17, 15) is 9.59 Å². The topological polar surface area (TPSA) is 57.6 Å². The number of amides is 1. The first-order chi connectivity index (χ1) is 9.13. The molecule has 5 heteroatoms. The summed E-state index contributed by atoms with van der Waals surface area (Å²) in [6.45, 7) is 0.530. The molecule has 19 heavy (non-hydrogen) atoms. The number of rotatable bonds is 4. The number of carbonyl (C=O) groups is 2. The minimum atomic E-state index is -0.911. The summed E-state index contributed by atoms with van der Waals surface area (Å²) >= 11 is 1.69. The maximum atomic E-state index is 12.4. The van der Waals surface area contributed by atoms with Gasteiger partial charge in [-0.3, -0.25) is 4.79 Å². The van der Waals surface area contributed by atoms with Crippen LogP contribution in [0.5, 0.6) is 0 Å². The molecule has 0 aromatic heterocycles. The predicted octanol–water partition coefficient (Wildman–Crippen LogP) is 2.24. The molecule has 0 bridgehead atoms. The zero-order valence-corrected chi connectivity index (χ0v) is 11.7. The lowest BCUT2D eigenvalue weighted by Crippen LogP contribution is -2.40. The van der Waals surface area contributed by atoms with Gasteiger partial charge in [-0.15, -0.1) is 0 Å². The van der Waals surface area contributed by atoms with E-state index in [4.69, 9.17) is 5.11 Å². The normalized spacial score (nSPS) is 18.6. The van der Waals surface area contributed by atoms with Crippen LogP contribution in [0.2, 0.25) is 0 Å². The van der Waals surface area contributed by atoms with E-state index in [-0.39, 0.29) is 5.91 Å². The highest BCUT2D eigenvalue weighted by atomic mass is 32.2. The second-order valence-electron chi connectivity index (χ2n) is 4.63. The molecule has 1 aliphatic rings. The van der Waals surface area contributed by atoms with Crippen molar-refractivity contribution in [1.82, 2.24) is 4.90 Å². The number of carboxylic acid groups (broad SMARTS) is 1. The summed E-state index contributed by atoms with van der Waals surface area (Å²) in [5.41, 5.74) is 1.67. The molecule has 1 heterocycles. The number of thioether (sulfide) groups is 1. The lowest BCUT2D eigenvalue weighted by molar-refractivity contribution is -0.141. The molecule has 0 saturated carbocycles. The summed E-state index contributed by atoms with van der Waals surface area (Å²) in [6, 6.07) is 6.77. The molecule has 0 aliphatic carbocycles. The smallest absolute Gasteiger partial charge is 0.326 e. The number of benzene rings is 1. The Morgan fingerprint density at radius 3 is 2.95 bits per heavy atom. The number of carbonyl (C=O) groups excluding carboxylic acids is 1. The van der Waals surface area contributed by atoms with E-state index in [1.807, 2.05) is 24.5 Å². The zero-order valence-electron chi connectivity index (χ0n) is 10.8. The van der Waals surface area contributed by atoms with E-state index in [0.29, 0.717) is 18.5 Å². The van der Waals surface area contributed by atoms with Gasteiger partial charge >= 0.3 is 5.97 Å². The number of aliphatic carboxylic acids is 1. The van der Waals surface area contributed by atoms with Crippen LogP contribution in [0.1, 0.15) is 28.8 Å². The Balaban J connectivity index is 2.19. The molecule has 1 N–H and O–H groups in total.